The Kier molecular flexibility index (Phi) is 1.88. The van der Waals surface area contributed by atoms with Gasteiger partial charge in [-0.05, 0) is 18.2 Å². The first-order chi connectivity index (χ1) is 5.86. The van der Waals surface area contributed by atoms with Crippen molar-refractivity contribution < 1.29 is 4.42 Å². The molecule has 0 amide bonds. The van der Waals surface area contributed by atoms with Gasteiger partial charge in [-0.15, -0.1) is 0 Å². The third-order valence-corrected chi connectivity index (χ3v) is 1.79. The molecule has 2 aromatic rings. The van der Waals surface area contributed by atoms with Gasteiger partial charge in [-0.1, -0.05) is 23.7 Å². The number of hydrogen-bond donors (Lipinski definition) is 0. The van der Waals surface area contributed by atoms with Crippen molar-refractivity contribution in [2.75, 3.05) is 0 Å². The van der Waals surface area contributed by atoms with Gasteiger partial charge in [-0.3, -0.25) is 0 Å². The molecule has 0 aliphatic carbocycles. The Morgan fingerprint density at radius 1 is 1.33 bits per heavy atom. The average Bonchev–Trinajstić information content (AvgIpc) is 2.56. The lowest BCUT2D eigenvalue weighted by Crippen LogP contribution is -1.72. The van der Waals surface area contributed by atoms with Crippen molar-refractivity contribution in [3.8, 4) is 11.3 Å². The van der Waals surface area contributed by atoms with E-state index in [0.29, 0.717) is 5.02 Å². The number of benzene rings is 1. The van der Waals surface area contributed by atoms with Gasteiger partial charge in [0.1, 0.15) is 5.76 Å². The predicted octanol–water partition coefficient (Wildman–Crippen LogP) is 3.40. The van der Waals surface area contributed by atoms with E-state index in [1.807, 2.05) is 24.3 Å². The molecule has 1 heterocycles. The molecule has 0 unspecified atom stereocenters. The molecule has 0 saturated carbocycles. The zero-order valence-electron chi connectivity index (χ0n) is 6.25. The van der Waals surface area contributed by atoms with Crippen LogP contribution >= 0.6 is 11.6 Å². The van der Waals surface area contributed by atoms with E-state index in [2.05, 4.69) is 6.07 Å². The van der Waals surface area contributed by atoms with E-state index < -0.39 is 0 Å². The maximum atomic E-state index is 5.76. The minimum Gasteiger partial charge on any atom is -0.464 e. The quantitative estimate of drug-likeness (QED) is 0.651. The molecule has 0 aliphatic heterocycles. The number of hydrogen-bond acceptors (Lipinski definition) is 1. The van der Waals surface area contributed by atoms with Crippen LogP contribution in [0.5, 0.6) is 0 Å². The van der Waals surface area contributed by atoms with Crippen LogP contribution in [0.2, 0.25) is 5.02 Å². The van der Waals surface area contributed by atoms with Crippen LogP contribution in [-0.2, 0) is 0 Å². The Bertz CT molecular complexity index is 365. The molecular weight excluding hydrogens is 172 g/mol. The lowest BCUT2D eigenvalue weighted by atomic mass is 10.2. The number of halogens is 1. The van der Waals surface area contributed by atoms with Crippen LogP contribution in [0, 0.1) is 6.07 Å². The molecule has 0 saturated heterocycles. The summed E-state index contributed by atoms with van der Waals surface area (Å²) in [6.07, 6.45) is 1.64. The molecule has 2 heteroatoms. The van der Waals surface area contributed by atoms with Crippen molar-refractivity contribution in [2.24, 2.45) is 0 Å². The molecular formula is C10H6ClO. The second-order valence-electron chi connectivity index (χ2n) is 2.40. The van der Waals surface area contributed by atoms with Crippen molar-refractivity contribution in [1.29, 1.82) is 0 Å². The van der Waals surface area contributed by atoms with Crippen LogP contribution in [0.4, 0.5) is 0 Å². The minimum absolute atomic E-state index is 0.601. The van der Waals surface area contributed by atoms with E-state index in [1.54, 1.807) is 12.3 Å². The highest BCUT2D eigenvalue weighted by atomic mass is 35.5. The molecule has 1 aromatic carbocycles. The molecule has 1 radical (unpaired) electrons. The first-order valence-corrected chi connectivity index (χ1v) is 3.95. The molecule has 0 spiro atoms. The summed E-state index contributed by atoms with van der Waals surface area (Å²) in [6, 6.07) is 12.1. The smallest absolute Gasteiger partial charge is 0.133 e. The van der Waals surface area contributed by atoms with Gasteiger partial charge >= 0.3 is 0 Å². The van der Waals surface area contributed by atoms with Gasteiger partial charge < -0.3 is 4.42 Å². The van der Waals surface area contributed by atoms with E-state index in [1.165, 1.54) is 0 Å². The average molecular weight is 178 g/mol. The summed E-state index contributed by atoms with van der Waals surface area (Å²) in [4.78, 5) is 0. The normalized spacial score (nSPS) is 10.1. The van der Waals surface area contributed by atoms with Gasteiger partial charge in [0, 0.05) is 16.7 Å². The van der Waals surface area contributed by atoms with Gasteiger partial charge in [0.2, 0.25) is 0 Å². The van der Waals surface area contributed by atoms with Crippen molar-refractivity contribution in [3.63, 3.8) is 0 Å². The summed E-state index contributed by atoms with van der Waals surface area (Å²) in [5.74, 6) is 0.825. The monoisotopic (exact) mass is 177 g/mol. The van der Waals surface area contributed by atoms with E-state index in [0.717, 1.165) is 11.3 Å². The van der Waals surface area contributed by atoms with E-state index in [-0.39, 0.29) is 0 Å². The minimum atomic E-state index is 0.601. The van der Waals surface area contributed by atoms with Crippen LogP contribution in [0.1, 0.15) is 0 Å². The molecule has 59 valence electrons. The lowest BCUT2D eigenvalue weighted by molar-refractivity contribution is 0.582. The largest absolute Gasteiger partial charge is 0.464 e. The molecule has 0 aliphatic rings. The second-order valence-corrected chi connectivity index (χ2v) is 2.81. The first-order valence-electron chi connectivity index (χ1n) is 3.57. The third kappa shape index (κ3) is 1.36. The van der Waals surface area contributed by atoms with Gasteiger partial charge in [0.25, 0.3) is 0 Å². The maximum absolute atomic E-state index is 5.76. The Morgan fingerprint density at radius 3 is 2.92 bits per heavy atom. The summed E-state index contributed by atoms with van der Waals surface area (Å²) in [5, 5.41) is 0.601. The number of furan rings is 1. The fourth-order valence-electron chi connectivity index (χ4n) is 1.03. The summed E-state index contributed by atoms with van der Waals surface area (Å²) >= 11 is 5.76. The zero-order valence-corrected chi connectivity index (χ0v) is 7.01. The van der Waals surface area contributed by atoms with E-state index in [4.69, 9.17) is 16.0 Å². The molecule has 0 fully saturated rings. The maximum Gasteiger partial charge on any atom is 0.133 e. The van der Waals surface area contributed by atoms with Crippen molar-refractivity contribution in [2.45, 2.75) is 0 Å². The van der Waals surface area contributed by atoms with Gasteiger partial charge in [-0.25, -0.2) is 0 Å². The molecule has 0 atom stereocenters. The molecule has 1 nitrogen and oxygen atoms in total. The summed E-state index contributed by atoms with van der Waals surface area (Å²) in [5.41, 5.74) is 0.976. The molecule has 1 aromatic heterocycles. The Labute approximate surface area is 75.6 Å². The van der Waals surface area contributed by atoms with Gasteiger partial charge in [0.05, 0.1) is 6.26 Å². The summed E-state index contributed by atoms with van der Waals surface area (Å²) < 4.78 is 5.20. The van der Waals surface area contributed by atoms with Crippen LogP contribution < -0.4 is 0 Å². The van der Waals surface area contributed by atoms with Crippen LogP contribution in [0.25, 0.3) is 11.3 Å². The van der Waals surface area contributed by atoms with Crippen LogP contribution in [0.3, 0.4) is 0 Å². The second kappa shape index (κ2) is 3.03. The molecule has 12 heavy (non-hydrogen) atoms. The fraction of sp³-hybridized carbons (Fsp3) is 0. The highest BCUT2D eigenvalue weighted by Gasteiger charge is 1.99. The zero-order chi connectivity index (χ0) is 8.39. The Balaban J connectivity index is 2.48. The third-order valence-electron chi connectivity index (χ3n) is 1.57. The molecule has 0 N–H and O–H groups in total. The Hall–Kier alpha value is -1.21. The summed E-state index contributed by atoms with van der Waals surface area (Å²) in [7, 11) is 0. The lowest BCUT2D eigenvalue weighted by Gasteiger charge is -1.95. The van der Waals surface area contributed by atoms with E-state index >= 15 is 0 Å². The van der Waals surface area contributed by atoms with Crippen LogP contribution in [-0.4, -0.2) is 0 Å². The van der Waals surface area contributed by atoms with Crippen molar-refractivity contribution in [1.82, 2.24) is 0 Å². The molecule has 2 rings (SSSR count). The summed E-state index contributed by atoms with van der Waals surface area (Å²) in [6.45, 7) is 0. The van der Waals surface area contributed by atoms with E-state index in [9.17, 15) is 0 Å². The topological polar surface area (TPSA) is 13.1 Å². The standard InChI is InChI=1S/C10H6ClO/c11-9-4-1-3-8(7-9)10-5-2-6-12-10/h1-3,5-7H. The van der Waals surface area contributed by atoms with Crippen molar-refractivity contribution in [3.05, 3.63) is 47.7 Å². The van der Waals surface area contributed by atoms with Gasteiger partial charge in [0.15, 0.2) is 0 Å². The van der Waals surface area contributed by atoms with Crippen LogP contribution in [0.15, 0.2) is 41.0 Å². The molecule has 0 bridgehead atoms. The fourth-order valence-corrected chi connectivity index (χ4v) is 1.21. The first kappa shape index (κ1) is 7.44. The Morgan fingerprint density at radius 2 is 2.25 bits per heavy atom. The SMILES string of the molecule is Clc1[c]ccc(-c2ccco2)c1. The highest BCUT2D eigenvalue weighted by Crippen LogP contribution is 2.22. The number of rotatable bonds is 1. The van der Waals surface area contributed by atoms with Gasteiger partial charge in [-0.2, -0.15) is 0 Å². The van der Waals surface area contributed by atoms with Crippen molar-refractivity contribution >= 4 is 11.6 Å². The predicted molar refractivity (Wildman–Crippen MR) is 48.0 cm³/mol. The highest BCUT2D eigenvalue weighted by molar-refractivity contribution is 6.30.